The second-order valence-corrected chi connectivity index (χ2v) is 4.07. The lowest BCUT2D eigenvalue weighted by molar-refractivity contribution is 0.191. The fourth-order valence-electron chi connectivity index (χ4n) is 1.08. The smallest absolute Gasteiger partial charge is 0.124 e. The number of hydrogen-bond donors (Lipinski definition) is 2. The fourth-order valence-corrected chi connectivity index (χ4v) is 1.57. The van der Waals surface area contributed by atoms with E-state index in [0.29, 0.717) is 13.1 Å². The molecule has 1 aromatic rings. The summed E-state index contributed by atoms with van der Waals surface area (Å²) in [6.45, 7) is 2.86. The minimum absolute atomic E-state index is 0.254. The SMILES string of the molecule is C[C@H](O)CNCc1ccc(F)cc1Br. The molecule has 0 saturated carbocycles. The number of nitrogens with one attached hydrogen (secondary N) is 1. The normalized spacial score (nSPS) is 12.9. The molecule has 1 atom stereocenters. The van der Waals surface area contributed by atoms with E-state index in [1.807, 2.05) is 0 Å². The summed E-state index contributed by atoms with van der Waals surface area (Å²) >= 11 is 3.27. The Morgan fingerprint density at radius 3 is 2.86 bits per heavy atom. The Bertz CT molecular complexity index is 304. The van der Waals surface area contributed by atoms with Gasteiger partial charge in [0.2, 0.25) is 0 Å². The standard InChI is InChI=1S/C10H13BrFNO/c1-7(14)5-13-6-8-2-3-9(12)4-10(8)11/h2-4,7,13-14H,5-6H2,1H3/t7-/m0/s1. The first kappa shape index (κ1) is 11.6. The maximum atomic E-state index is 12.7. The van der Waals surface area contributed by atoms with Crippen molar-refractivity contribution in [2.24, 2.45) is 0 Å². The third-order valence-electron chi connectivity index (χ3n) is 1.77. The highest BCUT2D eigenvalue weighted by Gasteiger charge is 2.01. The van der Waals surface area contributed by atoms with Gasteiger partial charge in [-0.3, -0.25) is 0 Å². The lowest BCUT2D eigenvalue weighted by Gasteiger charge is -2.08. The minimum Gasteiger partial charge on any atom is -0.392 e. The highest BCUT2D eigenvalue weighted by molar-refractivity contribution is 9.10. The van der Waals surface area contributed by atoms with E-state index in [1.165, 1.54) is 12.1 Å². The molecular formula is C10H13BrFNO. The van der Waals surface area contributed by atoms with Crippen LogP contribution in [-0.2, 0) is 6.54 Å². The van der Waals surface area contributed by atoms with Crippen LogP contribution in [-0.4, -0.2) is 17.8 Å². The molecule has 1 aromatic carbocycles. The van der Waals surface area contributed by atoms with Gasteiger partial charge in [0.25, 0.3) is 0 Å². The summed E-state index contributed by atoms with van der Waals surface area (Å²) in [5.74, 6) is -0.254. The van der Waals surface area contributed by atoms with Gasteiger partial charge in [0.1, 0.15) is 5.82 Å². The Morgan fingerprint density at radius 1 is 1.57 bits per heavy atom. The van der Waals surface area contributed by atoms with Gasteiger partial charge in [-0.25, -0.2) is 4.39 Å². The quantitative estimate of drug-likeness (QED) is 0.870. The van der Waals surface area contributed by atoms with Gasteiger partial charge in [0.05, 0.1) is 6.10 Å². The fraction of sp³-hybridized carbons (Fsp3) is 0.400. The lowest BCUT2D eigenvalue weighted by atomic mass is 10.2. The summed E-state index contributed by atoms with van der Waals surface area (Å²) in [7, 11) is 0. The molecule has 0 radical (unpaired) electrons. The number of aliphatic hydroxyl groups excluding tert-OH is 1. The van der Waals surface area contributed by atoms with E-state index in [1.54, 1.807) is 13.0 Å². The molecule has 0 saturated heterocycles. The maximum Gasteiger partial charge on any atom is 0.124 e. The first-order valence-electron chi connectivity index (χ1n) is 4.42. The third kappa shape index (κ3) is 3.74. The number of hydrogen-bond acceptors (Lipinski definition) is 2. The van der Waals surface area contributed by atoms with Crippen LogP contribution in [0.3, 0.4) is 0 Å². The molecule has 2 N–H and O–H groups in total. The van der Waals surface area contributed by atoms with E-state index in [-0.39, 0.29) is 11.9 Å². The summed E-state index contributed by atoms with van der Waals surface area (Å²) < 4.78 is 13.5. The van der Waals surface area contributed by atoms with E-state index in [4.69, 9.17) is 5.11 Å². The predicted molar refractivity (Wildman–Crippen MR) is 57.5 cm³/mol. The zero-order chi connectivity index (χ0) is 10.6. The second kappa shape index (κ2) is 5.44. The molecular weight excluding hydrogens is 249 g/mol. The zero-order valence-electron chi connectivity index (χ0n) is 7.93. The molecule has 0 amide bonds. The summed E-state index contributed by atoms with van der Waals surface area (Å²) in [6, 6.07) is 4.57. The van der Waals surface area contributed by atoms with Crippen LogP contribution in [0.15, 0.2) is 22.7 Å². The van der Waals surface area contributed by atoms with Crippen LogP contribution in [0.25, 0.3) is 0 Å². The summed E-state index contributed by atoms with van der Waals surface area (Å²) in [4.78, 5) is 0. The molecule has 14 heavy (non-hydrogen) atoms. The molecule has 0 aliphatic rings. The van der Waals surface area contributed by atoms with Gasteiger partial charge in [-0.2, -0.15) is 0 Å². The number of rotatable bonds is 4. The van der Waals surface area contributed by atoms with Crippen molar-refractivity contribution in [1.82, 2.24) is 5.32 Å². The highest BCUT2D eigenvalue weighted by Crippen LogP contribution is 2.17. The van der Waals surface area contributed by atoms with Crippen molar-refractivity contribution in [3.63, 3.8) is 0 Å². The van der Waals surface area contributed by atoms with Crippen molar-refractivity contribution in [3.05, 3.63) is 34.1 Å². The van der Waals surface area contributed by atoms with E-state index < -0.39 is 0 Å². The Labute approximate surface area is 91.3 Å². The monoisotopic (exact) mass is 261 g/mol. The van der Waals surface area contributed by atoms with Gasteiger partial charge in [0, 0.05) is 17.6 Å². The Hall–Kier alpha value is -0.450. The van der Waals surface area contributed by atoms with Crippen molar-refractivity contribution in [1.29, 1.82) is 0 Å². The summed E-state index contributed by atoms with van der Waals surface area (Å²) in [5.41, 5.74) is 0.979. The maximum absolute atomic E-state index is 12.7. The average molecular weight is 262 g/mol. The van der Waals surface area contributed by atoms with Gasteiger partial charge in [-0.15, -0.1) is 0 Å². The van der Waals surface area contributed by atoms with Crippen LogP contribution in [0.4, 0.5) is 4.39 Å². The third-order valence-corrected chi connectivity index (χ3v) is 2.51. The van der Waals surface area contributed by atoms with Crippen molar-refractivity contribution in [2.75, 3.05) is 6.54 Å². The molecule has 0 aliphatic carbocycles. The van der Waals surface area contributed by atoms with E-state index >= 15 is 0 Å². The van der Waals surface area contributed by atoms with Gasteiger partial charge in [0.15, 0.2) is 0 Å². The minimum atomic E-state index is -0.366. The van der Waals surface area contributed by atoms with Crippen LogP contribution in [0.2, 0.25) is 0 Å². The molecule has 0 spiro atoms. The Balaban J connectivity index is 2.51. The van der Waals surface area contributed by atoms with Gasteiger partial charge in [-0.05, 0) is 24.6 Å². The molecule has 78 valence electrons. The van der Waals surface area contributed by atoms with E-state index in [2.05, 4.69) is 21.2 Å². The van der Waals surface area contributed by atoms with Crippen molar-refractivity contribution < 1.29 is 9.50 Å². The molecule has 0 unspecified atom stereocenters. The van der Waals surface area contributed by atoms with Crippen LogP contribution >= 0.6 is 15.9 Å². The van der Waals surface area contributed by atoms with Crippen LogP contribution < -0.4 is 5.32 Å². The van der Waals surface area contributed by atoms with Crippen molar-refractivity contribution in [3.8, 4) is 0 Å². The van der Waals surface area contributed by atoms with E-state index in [9.17, 15) is 4.39 Å². The molecule has 0 aromatic heterocycles. The Kier molecular flexibility index (Phi) is 4.51. The second-order valence-electron chi connectivity index (χ2n) is 3.22. The van der Waals surface area contributed by atoms with Crippen LogP contribution in [0.5, 0.6) is 0 Å². The molecule has 0 fully saturated rings. The first-order chi connectivity index (χ1) is 6.59. The number of benzene rings is 1. The predicted octanol–water partition coefficient (Wildman–Crippen LogP) is 2.06. The van der Waals surface area contributed by atoms with Crippen molar-refractivity contribution >= 4 is 15.9 Å². The van der Waals surface area contributed by atoms with Crippen LogP contribution in [0.1, 0.15) is 12.5 Å². The highest BCUT2D eigenvalue weighted by atomic mass is 79.9. The zero-order valence-corrected chi connectivity index (χ0v) is 9.51. The van der Waals surface area contributed by atoms with E-state index in [0.717, 1.165) is 10.0 Å². The molecule has 0 heterocycles. The average Bonchev–Trinajstić information content (AvgIpc) is 2.08. The summed E-state index contributed by atoms with van der Waals surface area (Å²) in [6.07, 6.45) is -0.366. The summed E-state index contributed by atoms with van der Waals surface area (Å²) in [5, 5.41) is 12.1. The topological polar surface area (TPSA) is 32.3 Å². The van der Waals surface area contributed by atoms with Crippen LogP contribution in [0, 0.1) is 5.82 Å². The number of halogens is 2. The molecule has 2 nitrogen and oxygen atoms in total. The first-order valence-corrected chi connectivity index (χ1v) is 5.21. The molecule has 1 rings (SSSR count). The van der Waals surface area contributed by atoms with Gasteiger partial charge >= 0.3 is 0 Å². The largest absolute Gasteiger partial charge is 0.392 e. The number of aliphatic hydroxyl groups is 1. The van der Waals surface area contributed by atoms with Gasteiger partial charge in [-0.1, -0.05) is 22.0 Å². The molecule has 0 bridgehead atoms. The van der Waals surface area contributed by atoms with Crippen molar-refractivity contribution in [2.45, 2.75) is 19.6 Å². The van der Waals surface area contributed by atoms with Gasteiger partial charge < -0.3 is 10.4 Å². The Morgan fingerprint density at radius 2 is 2.29 bits per heavy atom. The lowest BCUT2D eigenvalue weighted by Crippen LogP contribution is -2.23. The molecule has 0 aliphatic heterocycles. The molecule has 4 heteroatoms.